The lowest BCUT2D eigenvalue weighted by atomic mass is 9.96. The summed E-state index contributed by atoms with van der Waals surface area (Å²) in [4.78, 5) is 35.1. The smallest absolute Gasteiger partial charge is 0.276 e. The predicted molar refractivity (Wildman–Crippen MR) is 149 cm³/mol. The van der Waals surface area contributed by atoms with Crippen molar-refractivity contribution in [3.8, 4) is 0 Å². The third kappa shape index (κ3) is 6.17. The normalized spacial score (nSPS) is 16.5. The SMILES string of the molecule is C=CC1=C(/C=C(\C)C(=O)NCCC)CCN(C(=O)c2cccc(N3CCCOCC3)n2)c2ccccc21. The zero-order chi connectivity index (χ0) is 26.2. The highest BCUT2D eigenvalue weighted by molar-refractivity contribution is 6.07. The fraction of sp³-hybridized carbons (Fsp3) is 0.367. The number of anilines is 2. The highest BCUT2D eigenvalue weighted by Gasteiger charge is 2.26. The summed E-state index contributed by atoms with van der Waals surface area (Å²) in [5, 5.41) is 2.93. The van der Waals surface area contributed by atoms with Gasteiger partial charge in [0.05, 0.1) is 12.3 Å². The molecule has 2 aliphatic heterocycles. The number of nitrogens with one attached hydrogen (secondary N) is 1. The van der Waals surface area contributed by atoms with Crippen LogP contribution >= 0.6 is 0 Å². The lowest BCUT2D eigenvalue weighted by molar-refractivity contribution is -0.117. The van der Waals surface area contributed by atoms with Crippen molar-refractivity contribution in [1.82, 2.24) is 10.3 Å². The minimum Gasteiger partial charge on any atom is -0.380 e. The number of para-hydroxylation sites is 1. The van der Waals surface area contributed by atoms with Gasteiger partial charge in [-0.3, -0.25) is 9.59 Å². The molecule has 2 amide bonds. The van der Waals surface area contributed by atoms with Gasteiger partial charge in [0.15, 0.2) is 0 Å². The van der Waals surface area contributed by atoms with Crippen molar-refractivity contribution in [2.24, 2.45) is 0 Å². The van der Waals surface area contributed by atoms with Gasteiger partial charge in [0, 0.05) is 43.9 Å². The first-order valence-electron chi connectivity index (χ1n) is 13.1. The van der Waals surface area contributed by atoms with E-state index in [1.54, 1.807) is 11.0 Å². The molecule has 1 aromatic carbocycles. The summed E-state index contributed by atoms with van der Waals surface area (Å²) in [5.41, 5.74) is 4.68. The van der Waals surface area contributed by atoms with Crippen molar-refractivity contribution in [1.29, 1.82) is 0 Å². The van der Waals surface area contributed by atoms with Gasteiger partial charge in [-0.25, -0.2) is 4.98 Å². The summed E-state index contributed by atoms with van der Waals surface area (Å²) >= 11 is 0. The number of carbonyl (C=O) groups is 2. The Hall–Kier alpha value is -3.71. The second-order valence-electron chi connectivity index (χ2n) is 9.28. The molecule has 194 valence electrons. The number of fused-ring (bicyclic) bond motifs is 1. The number of carbonyl (C=O) groups excluding carboxylic acids is 2. The summed E-state index contributed by atoms with van der Waals surface area (Å²) in [5.74, 6) is 0.566. The fourth-order valence-corrected chi connectivity index (χ4v) is 4.74. The van der Waals surface area contributed by atoms with Crippen LogP contribution in [0.5, 0.6) is 0 Å². The number of rotatable bonds is 7. The lowest BCUT2D eigenvalue weighted by Gasteiger charge is -2.24. The first-order chi connectivity index (χ1) is 18.0. The van der Waals surface area contributed by atoms with Crippen LogP contribution in [0.1, 0.15) is 49.2 Å². The van der Waals surface area contributed by atoms with E-state index in [9.17, 15) is 9.59 Å². The predicted octanol–water partition coefficient (Wildman–Crippen LogP) is 4.77. The molecule has 4 rings (SSSR count). The molecule has 0 unspecified atom stereocenters. The third-order valence-corrected chi connectivity index (χ3v) is 6.67. The maximum atomic E-state index is 13.9. The van der Waals surface area contributed by atoms with Gasteiger partial charge < -0.3 is 19.9 Å². The van der Waals surface area contributed by atoms with Gasteiger partial charge in [-0.15, -0.1) is 0 Å². The van der Waals surface area contributed by atoms with Gasteiger partial charge >= 0.3 is 0 Å². The number of allylic oxidation sites excluding steroid dienone is 3. The number of pyridine rings is 1. The molecule has 0 saturated carbocycles. The average molecular weight is 501 g/mol. The van der Waals surface area contributed by atoms with Crippen molar-refractivity contribution in [2.45, 2.75) is 33.1 Å². The maximum absolute atomic E-state index is 13.9. The van der Waals surface area contributed by atoms with Gasteiger partial charge in [0.25, 0.3) is 5.91 Å². The Balaban J connectivity index is 1.65. The van der Waals surface area contributed by atoms with E-state index in [0.29, 0.717) is 37.4 Å². The Bertz CT molecular complexity index is 1210. The molecule has 1 saturated heterocycles. The monoisotopic (exact) mass is 500 g/mol. The van der Waals surface area contributed by atoms with Crippen LogP contribution in [0.25, 0.3) is 5.57 Å². The Labute approximate surface area is 219 Å². The standard InChI is InChI=1S/C30H36N4O3/c1-4-15-31-29(35)22(3)21-23-14-17-34(27-12-7-6-10-25(27)24(23)5-2)30(36)26-11-8-13-28(32-26)33-16-9-19-37-20-18-33/h5-8,10-13,21H,2,4,9,14-20H2,1,3H3,(H,31,35)/b22-21+. The van der Waals surface area contributed by atoms with Crippen LogP contribution in [0.2, 0.25) is 0 Å². The molecule has 0 atom stereocenters. The minimum absolute atomic E-state index is 0.0804. The number of benzene rings is 1. The van der Waals surface area contributed by atoms with E-state index in [1.165, 1.54) is 0 Å². The molecule has 1 N–H and O–H groups in total. The molecule has 2 aliphatic rings. The Kier molecular flexibility index (Phi) is 8.90. The van der Waals surface area contributed by atoms with Crippen molar-refractivity contribution >= 4 is 28.9 Å². The van der Waals surface area contributed by atoms with Crippen LogP contribution in [0.4, 0.5) is 11.5 Å². The van der Waals surface area contributed by atoms with Gasteiger partial charge in [0.1, 0.15) is 11.5 Å². The molecule has 0 aliphatic carbocycles. The minimum atomic E-state index is -0.147. The Morgan fingerprint density at radius 2 is 1.95 bits per heavy atom. The van der Waals surface area contributed by atoms with E-state index in [2.05, 4.69) is 16.8 Å². The maximum Gasteiger partial charge on any atom is 0.276 e. The summed E-state index contributed by atoms with van der Waals surface area (Å²) in [6, 6.07) is 13.5. The molecule has 1 aromatic heterocycles. The van der Waals surface area contributed by atoms with Crippen LogP contribution in [-0.4, -0.2) is 56.2 Å². The van der Waals surface area contributed by atoms with Crippen LogP contribution < -0.4 is 15.1 Å². The van der Waals surface area contributed by atoms with Gasteiger partial charge in [0.2, 0.25) is 5.91 Å². The van der Waals surface area contributed by atoms with Crippen LogP contribution in [0, 0.1) is 0 Å². The largest absolute Gasteiger partial charge is 0.380 e. The fourth-order valence-electron chi connectivity index (χ4n) is 4.74. The van der Waals surface area contributed by atoms with Gasteiger partial charge in [-0.2, -0.15) is 0 Å². The quantitative estimate of drug-likeness (QED) is 0.555. The molecular weight excluding hydrogens is 464 g/mol. The summed E-state index contributed by atoms with van der Waals surface area (Å²) < 4.78 is 5.58. The van der Waals surface area contributed by atoms with Crippen molar-refractivity contribution in [3.63, 3.8) is 0 Å². The number of ether oxygens (including phenoxy) is 1. The highest BCUT2D eigenvalue weighted by Crippen LogP contribution is 2.36. The molecule has 0 spiro atoms. The van der Waals surface area contributed by atoms with E-state index in [-0.39, 0.29) is 11.8 Å². The molecule has 7 heteroatoms. The highest BCUT2D eigenvalue weighted by atomic mass is 16.5. The molecule has 0 radical (unpaired) electrons. The summed E-state index contributed by atoms with van der Waals surface area (Å²) in [6.45, 7) is 12.0. The summed E-state index contributed by atoms with van der Waals surface area (Å²) in [7, 11) is 0. The van der Waals surface area contributed by atoms with Gasteiger partial charge in [-0.1, -0.05) is 43.8 Å². The second kappa shape index (κ2) is 12.5. The van der Waals surface area contributed by atoms with Crippen LogP contribution in [0.15, 0.2) is 72.3 Å². The number of hydrogen-bond donors (Lipinski definition) is 1. The molecule has 7 nitrogen and oxygen atoms in total. The molecule has 2 aromatic rings. The van der Waals surface area contributed by atoms with Crippen LogP contribution in [-0.2, 0) is 9.53 Å². The van der Waals surface area contributed by atoms with Crippen molar-refractivity contribution in [3.05, 3.63) is 83.6 Å². The number of aromatic nitrogens is 1. The first kappa shape index (κ1) is 26.4. The number of nitrogens with zero attached hydrogens (tertiary/aromatic N) is 3. The molecule has 0 bridgehead atoms. The topological polar surface area (TPSA) is 74.8 Å². The summed E-state index contributed by atoms with van der Waals surface area (Å²) in [6.07, 6.45) is 6.14. The zero-order valence-corrected chi connectivity index (χ0v) is 21.8. The van der Waals surface area contributed by atoms with Gasteiger partial charge in [-0.05, 0) is 61.6 Å². The molecule has 3 heterocycles. The molecular formula is C30H36N4O3. The van der Waals surface area contributed by atoms with E-state index in [4.69, 9.17) is 9.72 Å². The Morgan fingerprint density at radius 1 is 1.11 bits per heavy atom. The average Bonchev–Trinajstić information content (AvgIpc) is 3.29. The lowest BCUT2D eigenvalue weighted by Crippen LogP contribution is -2.33. The number of hydrogen-bond acceptors (Lipinski definition) is 5. The van der Waals surface area contributed by atoms with E-state index in [0.717, 1.165) is 60.8 Å². The first-order valence-corrected chi connectivity index (χ1v) is 13.1. The van der Waals surface area contributed by atoms with E-state index < -0.39 is 0 Å². The van der Waals surface area contributed by atoms with Crippen LogP contribution in [0.3, 0.4) is 0 Å². The molecule has 37 heavy (non-hydrogen) atoms. The Morgan fingerprint density at radius 3 is 2.76 bits per heavy atom. The van der Waals surface area contributed by atoms with E-state index in [1.807, 2.05) is 62.4 Å². The zero-order valence-electron chi connectivity index (χ0n) is 21.8. The molecule has 1 fully saturated rings. The second-order valence-corrected chi connectivity index (χ2v) is 9.28. The van der Waals surface area contributed by atoms with E-state index >= 15 is 0 Å². The van der Waals surface area contributed by atoms with Crippen molar-refractivity contribution < 1.29 is 14.3 Å². The van der Waals surface area contributed by atoms with Crippen molar-refractivity contribution in [2.75, 3.05) is 49.2 Å². The third-order valence-electron chi connectivity index (χ3n) is 6.67. The number of amides is 2.